The molecule has 3 rings (SSSR count). The largest absolute Gasteiger partial charge is 0.378 e. The number of aryl methyl sites for hydroxylation is 1. The minimum absolute atomic E-state index is 0.512. The van der Waals surface area contributed by atoms with Crippen LogP contribution in [0.4, 0.5) is 0 Å². The van der Waals surface area contributed by atoms with Gasteiger partial charge in [-0.2, -0.15) is 5.10 Å². The SMILES string of the molecule is O=C(N/N=C1/CCCc2ccccc21)C(O)c1ccccc1. The van der Waals surface area contributed by atoms with E-state index in [-0.39, 0.29) is 0 Å². The van der Waals surface area contributed by atoms with Crippen LogP contribution in [-0.4, -0.2) is 16.7 Å². The Balaban J connectivity index is 1.73. The van der Waals surface area contributed by atoms with Crippen LogP contribution in [0.2, 0.25) is 0 Å². The molecule has 0 saturated carbocycles. The van der Waals surface area contributed by atoms with Crippen LogP contribution in [0, 0.1) is 0 Å². The predicted octanol–water partition coefficient (Wildman–Crippen LogP) is 2.58. The van der Waals surface area contributed by atoms with Crippen LogP contribution in [0.3, 0.4) is 0 Å². The average molecular weight is 294 g/mol. The number of aliphatic hydroxyl groups excluding tert-OH is 1. The summed E-state index contributed by atoms with van der Waals surface area (Å²) in [6, 6.07) is 16.9. The molecule has 0 heterocycles. The van der Waals surface area contributed by atoms with E-state index in [0.29, 0.717) is 5.56 Å². The van der Waals surface area contributed by atoms with E-state index >= 15 is 0 Å². The molecule has 0 radical (unpaired) electrons. The summed E-state index contributed by atoms with van der Waals surface area (Å²) >= 11 is 0. The highest BCUT2D eigenvalue weighted by atomic mass is 16.3. The number of hydrogen-bond acceptors (Lipinski definition) is 3. The maximum absolute atomic E-state index is 12.0. The summed E-state index contributed by atoms with van der Waals surface area (Å²) in [7, 11) is 0. The molecule has 4 heteroatoms. The molecule has 2 N–H and O–H groups in total. The highest BCUT2D eigenvalue weighted by Crippen LogP contribution is 2.21. The summed E-state index contributed by atoms with van der Waals surface area (Å²) in [6.45, 7) is 0. The number of benzene rings is 2. The van der Waals surface area contributed by atoms with E-state index in [2.05, 4.69) is 16.6 Å². The van der Waals surface area contributed by atoms with Crippen LogP contribution < -0.4 is 5.43 Å². The maximum Gasteiger partial charge on any atom is 0.273 e. The van der Waals surface area contributed by atoms with Crippen LogP contribution >= 0.6 is 0 Å². The minimum atomic E-state index is -1.20. The molecule has 0 spiro atoms. The number of hydrazone groups is 1. The molecule has 1 aliphatic rings. The van der Waals surface area contributed by atoms with Crippen molar-refractivity contribution in [2.75, 3.05) is 0 Å². The van der Waals surface area contributed by atoms with Gasteiger partial charge in [0.1, 0.15) is 0 Å². The van der Waals surface area contributed by atoms with E-state index < -0.39 is 12.0 Å². The third-order valence-corrected chi connectivity index (χ3v) is 3.85. The van der Waals surface area contributed by atoms with E-state index in [1.54, 1.807) is 24.3 Å². The average Bonchev–Trinajstić information content (AvgIpc) is 2.59. The van der Waals surface area contributed by atoms with Gasteiger partial charge in [-0.3, -0.25) is 4.79 Å². The Kier molecular flexibility index (Phi) is 4.30. The van der Waals surface area contributed by atoms with Crippen molar-refractivity contribution in [2.45, 2.75) is 25.4 Å². The van der Waals surface area contributed by atoms with Gasteiger partial charge in [-0.15, -0.1) is 0 Å². The van der Waals surface area contributed by atoms with Crippen molar-refractivity contribution in [2.24, 2.45) is 5.10 Å². The fourth-order valence-electron chi connectivity index (χ4n) is 2.69. The van der Waals surface area contributed by atoms with E-state index in [1.165, 1.54) is 5.56 Å². The van der Waals surface area contributed by atoms with Crippen molar-refractivity contribution in [3.63, 3.8) is 0 Å². The Morgan fingerprint density at radius 1 is 1.05 bits per heavy atom. The topological polar surface area (TPSA) is 61.7 Å². The van der Waals surface area contributed by atoms with Gasteiger partial charge in [0, 0.05) is 5.56 Å². The van der Waals surface area contributed by atoms with Crippen LogP contribution in [0.1, 0.15) is 35.6 Å². The summed E-state index contributed by atoms with van der Waals surface area (Å²) in [5, 5.41) is 14.3. The highest BCUT2D eigenvalue weighted by Gasteiger charge is 2.18. The first kappa shape index (κ1) is 14.5. The normalized spacial score (nSPS) is 16.9. The van der Waals surface area contributed by atoms with Crippen LogP contribution in [0.15, 0.2) is 59.7 Å². The number of nitrogens with one attached hydrogen (secondary N) is 1. The van der Waals surface area contributed by atoms with Crippen molar-refractivity contribution in [1.82, 2.24) is 5.43 Å². The van der Waals surface area contributed by atoms with E-state index in [4.69, 9.17) is 0 Å². The zero-order valence-electron chi connectivity index (χ0n) is 12.2. The molecular weight excluding hydrogens is 276 g/mol. The lowest BCUT2D eigenvalue weighted by atomic mass is 9.90. The third-order valence-electron chi connectivity index (χ3n) is 3.85. The Hall–Kier alpha value is -2.46. The second kappa shape index (κ2) is 6.54. The number of aliphatic hydroxyl groups is 1. The molecule has 2 aromatic carbocycles. The maximum atomic E-state index is 12.0. The minimum Gasteiger partial charge on any atom is -0.378 e. The third kappa shape index (κ3) is 3.07. The summed E-state index contributed by atoms with van der Waals surface area (Å²) in [6.07, 6.45) is 1.69. The lowest BCUT2D eigenvalue weighted by Crippen LogP contribution is -2.27. The second-order valence-corrected chi connectivity index (χ2v) is 5.36. The standard InChI is InChI=1S/C18H18N2O2/c21-17(14-8-2-1-3-9-14)18(22)20-19-16-12-6-10-13-7-4-5-11-15(13)16/h1-5,7-9,11,17,21H,6,10,12H2,(H,20,22)/b19-16-. The fraction of sp³-hybridized carbons (Fsp3) is 0.222. The van der Waals surface area contributed by atoms with Gasteiger partial charge in [0.25, 0.3) is 5.91 Å². The van der Waals surface area contributed by atoms with Crippen molar-refractivity contribution < 1.29 is 9.90 Å². The Morgan fingerprint density at radius 2 is 1.77 bits per heavy atom. The first-order chi connectivity index (χ1) is 10.8. The zero-order valence-corrected chi connectivity index (χ0v) is 12.2. The van der Waals surface area contributed by atoms with Crippen LogP contribution in [0.25, 0.3) is 0 Å². The molecule has 1 atom stereocenters. The molecule has 1 unspecified atom stereocenters. The van der Waals surface area contributed by atoms with Crippen LogP contribution in [0.5, 0.6) is 0 Å². The van der Waals surface area contributed by atoms with Gasteiger partial charge in [0.2, 0.25) is 0 Å². The highest BCUT2D eigenvalue weighted by molar-refractivity contribution is 6.03. The van der Waals surface area contributed by atoms with Gasteiger partial charge in [0.15, 0.2) is 6.10 Å². The van der Waals surface area contributed by atoms with Crippen LogP contribution in [-0.2, 0) is 11.2 Å². The van der Waals surface area contributed by atoms with Crippen molar-refractivity contribution in [1.29, 1.82) is 0 Å². The second-order valence-electron chi connectivity index (χ2n) is 5.36. The molecule has 1 aliphatic carbocycles. The number of carbonyl (C=O) groups excluding carboxylic acids is 1. The molecule has 0 aliphatic heterocycles. The predicted molar refractivity (Wildman–Crippen MR) is 85.5 cm³/mol. The molecule has 0 saturated heterocycles. The van der Waals surface area contributed by atoms with Crippen molar-refractivity contribution >= 4 is 11.6 Å². The molecule has 0 aromatic heterocycles. The van der Waals surface area contributed by atoms with Crippen molar-refractivity contribution in [3.05, 3.63) is 71.3 Å². The molecular formula is C18H18N2O2. The molecule has 0 bridgehead atoms. The Bertz CT molecular complexity index is 695. The molecule has 22 heavy (non-hydrogen) atoms. The number of hydrogen-bond donors (Lipinski definition) is 2. The monoisotopic (exact) mass is 294 g/mol. The molecule has 0 fully saturated rings. The number of nitrogens with zero attached hydrogens (tertiary/aromatic N) is 1. The van der Waals surface area contributed by atoms with Gasteiger partial charge >= 0.3 is 0 Å². The van der Waals surface area contributed by atoms with E-state index in [0.717, 1.165) is 30.5 Å². The summed E-state index contributed by atoms with van der Waals surface area (Å²) < 4.78 is 0. The van der Waals surface area contributed by atoms with E-state index in [9.17, 15) is 9.90 Å². The number of carbonyl (C=O) groups is 1. The Morgan fingerprint density at radius 3 is 2.59 bits per heavy atom. The fourth-order valence-corrected chi connectivity index (χ4v) is 2.69. The first-order valence-corrected chi connectivity index (χ1v) is 7.43. The quantitative estimate of drug-likeness (QED) is 0.855. The molecule has 1 amide bonds. The molecule has 112 valence electrons. The van der Waals surface area contributed by atoms with Gasteiger partial charge < -0.3 is 5.11 Å². The summed E-state index contributed by atoms with van der Waals surface area (Å²) in [4.78, 5) is 12.0. The number of amides is 1. The Labute approximate surface area is 129 Å². The van der Waals surface area contributed by atoms with Gasteiger partial charge in [-0.05, 0) is 30.4 Å². The first-order valence-electron chi connectivity index (χ1n) is 7.43. The van der Waals surface area contributed by atoms with Crippen molar-refractivity contribution in [3.8, 4) is 0 Å². The number of rotatable bonds is 3. The number of fused-ring (bicyclic) bond motifs is 1. The lowest BCUT2D eigenvalue weighted by Gasteiger charge is -2.17. The summed E-state index contributed by atoms with van der Waals surface area (Å²) in [5.41, 5.74) is 6.26. The lowest BCUT2D eigenvalue weighted by molar-refractivity contribution is -0.129. The van der Waals surface area contributed by atoms with Gasteiger partial charge in [-0.1, -0.05) is 54.6 Å². The zero-order chi connectivity index (χ0) is 15.4. The van der Waals surface area contributed by atoms with E-state index in [1.807, 2.05) is 24.3 Å². The van der Waals surface area contributed by atoms with Gasteiger partial charge in [-0.25, -0.2) is 5.43 Å². The van der Waals surface area contributed by atoms with Gasteiger partial charge in [0.05, 0.1) is 5.71 Å². The molecule has 2 aromatic rings. The molecule has 4 nitrogen and oxygen atoms in total. The smallest absolute Gasteiger partial charge is 0.273 e. The summed E-state index contributed by atoms with van der Waals surface area (Å²) in [5.74, 6) is -0.512.